The van der Waals surface area contributed by atoms with Crippen molar-refractivity contribution < 1.29 is 9.84 Å². The highest BCUT2D eigenvalue weighted by atomic mass is 79.9. The van der Waals surface area contributed by atoms with Gasteiger partial charge in [-0.05, 0) is 12.0 Å². The SMILES string of the molecule is CCC[C@@H](O)[C@@H](Br)COCc1ccccc1. The van der Waals surface area contributed by atoms with Crippen LogP contribution in [0.1, 0.15) is 25.3 Å². The van der Waals surface area contributed by atoms with E-state index in [1.165, 1.54) is 0 Å². The van der Waals surface area contributed by atoms with Gasteiger partial charge in [-0.1, -0.05) is 59.6 Å². The van der Waals surface area contributed by atoms with Crippen molar-refractivity contribution in [2.24, 2.45) is 0 Å². The first-order valence-electron chi connectivity index (χ1n) is 5.67. The van der Waals surface area contributed by atoms with Crippen LogP contribution in [0.2, 0.25) is 0 Å². The number of hydrogen-bond donors (Lipinski definition) is 1. The molecule has 0 radical (unpaired) electrons. The van der Waals surface area contributed by atoms with Crippen LogP contribution < -0.4 is 0 Å². The van der Waals surface area contributed by atoms with E-state index in [-0.39, 0.29) is 10.9 Å². The van der Waals surface area contributed by atoms with Gasteiger partial charge in [-0.2, -0.15) is 0 Å². The van der Waals surface area contributed by atoms with E-state index < -0.39 is 0 Å². The zero-order chi connectivity index (χ0) is 11.8. The quantitative estimate of drug-likeness (QED) is 0.781. The van der Waals surface area contributed by atoms with E-state index in [4.69, 9.17) is 4.74 Å². The number of halogens is 1. The van der Waals surface area contributed by atoms with Crippen LogP contribution in [-0.4, -0.2) is 22.6 Å². The smallest absolute Gasteiger partial charge is 0.0717 e. The minimum Gasteiger partial charge on any atom is -0.392 e. The Morgan fingerprint density at radius 2 is 2.00 bits per heavy atom. The fourth-order valence-electron chi connectivity index (χ4n) is 1.45. The molecule has 1 N–H and O–H groups in total. The molecule has 0 aliphatic carbocycles. The molecule has 0 saturated heterocycles. The minimum absolute atomic E-state index is 0.0242. The molecule has 0 heterocycles. The Bertz CT molecular complexity index is 277. The number of hydrogen-bond acceptors (Lipinski definition) is 2. The van der Waals surface area contributed by atoms with Gasteiger partial charge in [0.15, 0.2) is 0 Å². The van der Waals surface area contributed by atoms with Gasteiger partial charge in [0, 0.05) is 0 Å². The number of ether oxygens (including phenoxy) is 1. The van der Waals surface area contributed by atoms with Crippen molar-refractivity contribution in [1.29, 1.82) is 0 Å². The Labute approximate surface area is 106 Å². The highest BCUT2D eigenvalue weighted by Gasteiger charge is 2.14. The van der Waals surface area contributed by atoms with Crippen LogP contribution in [0.4, 0.5) is 0 Å². The third kappa shape index (κ3) is 5.10. The van der Waals surface area contributed by atoms with Crippen molar-refractivity contribution in [3.8, 4) is 0 Å². The first kappa shape index (κ1) is 13.7. The van der Waals surface area contributed by atoms with Crippen LogP contribution in [0, 0.1) is 0 Å². The summed E-state index contributed by atoms with van der Waals surface area (Å²) in [6, 6.07) is 10.0. The largest absolute Gasteiger partial charge is 0.392 e. The van der Waals surface area contributed by atoms with Gasteiger partial charge in [0.2, 0.25) is 0 Å². The molecule has 3 heteroatoms. The van der Waals surface area contributed by atoms with E-state index in [1.54, 1.807) is 0 Å². The van der Waals surface area contributed by atoms with Gasteiger partial charge in [-0.3, -0.25) is 0 Å². The fourth-order valence-corrected chi connectivity index (χ4v) is 1.90. The number of rotatable bonds is 7. The number of aliphatic hydroxyl groups excluding tert-OH is 1. The Morgan fingerprint density at radius 1 is 1.31 bits per heavy atom. The number of alkyl halides is 1. The summed E-state index contributed by atoms with van der Waals surface area (Å²) >= 11 is 3.44. The average Bonchev–Trinajstić information content (AvgIpc) is 2.30. The van der Waals surface area contributed by atoms with E-state index in [1.807, 2.05) is 30.3 Å². The van der Waals surface area contributed by atoms with Gasteiger partial charge in [0.05, 0.1) is 24.1 Å². The number of benzene rings is 1. The normalized spacial score (nSPS) is 14.7. The van der Waals surface area contributed by atoms with Crippen molar-refractivity contribution in [3.05, 3.63) is 35.9 Å². The highest BCUT2D eigenvalue weighted by molar-refractivity contribution is 9.09. The Kier molecular flexibility index (Phi) is 6.69. The monoisotopic (exact) mass is 286 g/mol. The Hall–Kier alpha value is -0.380. The van der Waals surface area contributed by atoms with Crippen molar-refractivity contribution in [2.45, 2.75) is 37.3 Å². The lowest BCUT2D eigenvalue weighted by Crippen LogP contribution is -2.24. The molecule has 0 fully saturated rings. The molecule has 0 aliphatic rings. The van der Waals surface area contributed by atoms with E-state index in [9.17, 15) is 5.11 Å². The van der Waals surface area contributed by atoms with Crippen LogP contribution in [0.3, 0.4) is 0 Å². The Morgan fingerprint density at radius 3 is 2.62 bits per heavy atom. The predicted octanol–water partition coefficient (Wildman–Crippen LogP) is 3.13. The molecule has 0 aromatic heterocycles. The molecule has 0 amide bonds. The lowest BCUT2D eigenvalue weighted by Gasteiger charge is -2.16. The van der Waals surface area contributed by atoms with Crippen molar-refractivity contribution in [3.63, 3.8) is 0 Å². The third-order valence-electron chi connectivity index (χ3n) is 2.39. The maximum Gasteiger partial charge on any atom is 0.0717 e. The van der Waals surface area contributed by atoms with Gasteiger partial charge in [-0.25, -0.2) is 0 Å². The highest BCUT2D eigenvalue weighted by Crippen LogP contribution is 2.12. The standard InChI is InChI=1S/C13H19BrO2/c1-2-6-13(15)12(14)10-16-9-11-7-4-3-5-8-11/h3-5,7-8,12-13,15H,2,6,9-10H2,1H3/t12-,13+/m0/s1. The summed E-state index contributed by atoms with van der Waals surface area (Å²) in [5.74, 6) is 0. The van der Waals surface area contributed by atoms with Gasteiger partial charge in [0.1, 0.15) is 0 Å². The fraction of sp³-hybridized carbons (Fsp3) is 0.538. The minimum atomic E-state index is -0.319. The lowest BCUT2D eigenvalue weighted by molar-refractivity contribution is 0.0778. The molecular formula is C13H19BrO2. The summed E-state index contributed by atoms with van der Waals surface area (Å²) in [4.78, 5) is 0.0242. The first-order valence-corrected chi connectivity index (χ1v) is 6.59. The summed E-state index contributed by atoms with van der Waals surface area (Å²) in [5, 5.41) is 9.69. The molecule has 2 nitrogen and oxygen atoms in total. The molecule has 90 valence electrons. The Balaban J connectivity index is 2.20. The molecule has 0 spiro atoms. The molecule has 1 aromatic carbocycles. The molecule has 16 heavy (non-hydrogen) atoms. The maximum atomic E-state index is 9.69. The van der Waals surface area contributed by atoms with Crippen molar-refractivity contribution >= 4 is 15.9 Å². The second-order valence-electron chi connectivity index (χ2n) is 3.87. The van der Waals surface area contributed by atoms with E-state index in [0.29, 0.717) is 13.2 Å². The van der Waals surface area contributed by atoms with E-state index in [2.05, 4.69) is 22.9 Å². The van der Waals surface area contributed by atoms with Crippen LogP contribution in [0.5, 0.6) is 0 Å². The molecule has 1 aromatic rings. The topological polar surface area (TPSA) is 29.5 Å². The predicted molar refractivity (Wildman–Crippen MR) is 69.7 cm³/mol. The summed E-state index contributed by atoms with van der Waals surface area (Å²) in [6.07, 6.45) is 1.48. The molecule has 0 saturated carbocycles. The van der Waals surface area contributed by atoms with E-state index >= 15 is 0 Å². The summed E-state index contributed by atoms with van der Waals surface area (Å²) in [6.45, 7) is 3.20. The van der Waals surface area contributed by atoms with Crippen LogP contribution >= 0.6 is 15.9 Å². The zero-order valence-corrected chi connectivity index (χ0v) is 11.2. The molecule has 2 atom stereocenters. The lowest BCUT2D eigenvalue weighted by atomic mass is 10.1. The second-order valence-corrected chi connectivity index (χ2v) is 5.05. The number of aliphatic hydroxyl groups is 1. The van der Waals surface area contributed by atoms with Crippen LogP contribution in [0.15, 0.2) is 30.3 Å². The molecular weight excluding hydrogens is 268 g/mol. The van der Waals surface area contributed by atoms with Gasteiger partial charge < -0.3 is 9.84 Å². The molecule has 0 aliphatic heterocycles. The van der Waals surface area contributed by atoms with Crippen molar-refractivity contribution in [1.82, 2.24) is 0 Å². The van der Waals surface area contributed by atoms with Gasteiger partial charge >= 0.3 is 0 Å². The molecule has 0 unspecified atom stereocenters. The molecule has 1 rings (SSSR count). The first-order chi connectivity index (χ1) is 7.74. The average molecular weight is 287 g/mol. The van der Waals surface area contributed by atoms with Crippen LogP contribution in [-0.2, 0) is 11.3 Å². The van der Waals surface area contributed by atoms with Gasteiger partial charge in [0.25, 0.3) is 0 Å². The zero-order valence-electron chi connectivity index (χ0n) is 9.60. The summed E-state index contributed by atoms with van der Waals surface area (Å²) in [5.41, 5.74) is 1.16. The summed E-state index contributed by atoms with van der Waals surface area (Å²) in [7, 11) is 0. The van der Waals surface area contributed by atoms with E-state index in [0.717, 1.165) is 18.4 Å². The van der Waals surface area contributed by atoms with Gasteiger partial charge in [-0.15, -0.1) is 0 Å². The van der Waals surface area contributed by atoms with Crippen molar-refractivity contribution in [2.75, 3.05) is 6.61 Å². The third-order valence-corrected chi connectivity index (χ3v) is 3.27. The maximum absolute atomic E-state index is 9.69. The molecule has 0 bridgehead atoms. The van der Waals surface area contributed by atoms with Crippen LogP contribution in [0.25, 0.3) is 0 Å². The second kappa shape index (κ2) is 7.82. The summed E-state index contributed by atoms with van der Waals surface area (Å²) < 4.78 is 5.54.